The Labute approximate surface area is 177 Å². The maximum absolute atomic E-state index is 12.2. The molecule has 2 aromatic carbocycles. The van der Waals surface area contributed by atoms with E-state index >= 15 is 0 Å². The average molecular weight is 413 g/mol. The molecule has 0 radical (unpaired) electrons. The summed E-state index contributed by atoms with van der Waals surface area (Å²) in [5.74, 6) is 1.32. The molecular formula is C24H19N3O4. The number of H-pyrrole nitrogens is 2. The number of hydrogen-bond acceptors (Lipinski definition) is 5. The number of benzene rings is 2. The third kappa shape index (κ3) is 3.16. The van der Waals surface area contributed by atoms with Crippen LogP contribution in [0.5, 0.6) is 11.5 Å². The van der Waals surface area contributed by atoms with E-state index in [1.165, 1.54) is 6.07 Å². The smallest absolute Gasteiger partial charge is 0.227 e. The van der Waals surface area contributed by atoms with Crippen LogP contribution in [0.25, 0.3) is 45.0 Å². The standard InChI is InChI=1S/C24H19N3O4/c1-13-10-19(28)22(29)23(31-13)21-20(14-6-4-3-5-7-14)26-24(27-21)17-12-25-18-11-15(30-2)8-9-16(17)18/h3-12,25,29H,1-2H3,(H,26,27). The molecule has 0 aliphatic heterocycles. The minimum absolute atomic E-state index is 0.0594. The van der Waals surface area contributed by atoms with Crippen molar-refractivity contribution in [3.8, 4) is 45.6 Å². The van der Waals surface area contributed by atoms with Crippen molar-refractivity contribution in [3.63, 3.8) is 0 Å². The topological polar surface area (TPSA) is 104 Å². The highest BCUT2D eigenvalue weighted by Gasteiger charge is 2.22. The first-order valence-electron chi connectivity index (χ1n) is 9.70. The molecule has 0 atom stereocenters. The highest BCUT2D eigenvalue weighted by atomic mass is 16.5. The van der Waals surface area contributed by atoms with Crippen molar-refractivity contribution in [2.45, 2.75) is 6.92 Å². The van der Waals surface area contributed by atoms with Gasteiger partial charge in [0.2, 0.25) is 11.2 Å². The third-order valence-corrected chi connectivity index (χ3v) is 5.17. The molecule has 154 valence electrons. The maximum atomic E-state index is 12.2. The number of aryl methyl sites for hydroxylation is 1. The monoisotopic (exact) mass is 413 g/mol. The molecule has 31 heavy (non-hydrogen) atoms. The number of aromatic amines is 2. The van der Waals surface area contributed by atoms with E-state index < -0.39 is 11.2 Å². The van der Waals surface area contributed by atoms with Gasteiger partial charge < -0.3 is 24.2 Å². The molecule has 7 nitrogen and oxygen atoms in total. The number of aromatic hydroxyl groups is 1. The first-order chi connectivity index (χ1) is 15.0. The summed E-state index contributed by atoms with van der Waals surface area (Å²) in [6.07, 6.45) is 1.85. The molecule has 0 fully saturated rings. The Morgan fingerprint density at radius 3 is 2.68 bits per heavy atom. The Morgan fingerprint density at radius 2 is 1.90 bits per heavy atom. The number of hydrogen-bond donors (Lipinski definition) is 3. The second-order valence-electron chi connectivity index (χ2n) is 7.19. The van der Waals surface area contributed by atoms with Crippen LogP contribution in [0.3, 0.4) is 0 Å². The quantitative estimate of drug-likeness (QED) is 0.390. The molecule has 3 N–H and O–H groups in total. The second-order valence-corrected chi connectivity index (χ2v) is 7.19. The van der Waals surface area contributed by atoms with E-state index in [1.807, 2.05) is 54.7 Å². The van der Waals surface area contributed by atoms with Gasteiger partial charge in [-0.3, -0.25) is 4.79 Å². The summed E-state index contributed by atoms with van der Waals surface area (Å²) in [6, 6.07) is 16.5. The van der Waals surface area contributed by atoms with Crippen LogP contribution >= 0.6 is 0 Å². The van der Waals surface area contributed by atoms with Crippen LogP contribution < -0.4 is 10.2 Å². The van der Waals surface area contributed by atoms with Gasteiger partial charge in [-0.2, -0.15) is 0 Å². The van der Waals surface area contributed by atoms with Gasteiger partial charge in [0, 0.05) is 40.4 Å². The second kappa shape index (κ2) is 7.21. The lowest BCUT2D eigenvalue weighted by molar-refractivity contribution is 0.415. The van der Waals surface area contributed by atoms with Crippen LogP contribution in [0.15, 0.2) is 70.0 Å². The zero-order valence-electron chi connectivity index (χ0n) is 16.9. The Balaban J connectivity index is 1.76. The Kier molecular flexibility index (Phi) is 4.36. The number of nitrogens with zero attached hydrogens (tertiary/aromatic N) is 1. The van der Waals surface area contributed by atoms with Crippen molar-refractivity contribution in [2.24, 2.45) is 0 Å². The van der Waals surface area contributed by atoms with E-state index in [1.54, 1.807) is 14.0 Å². The minimum atomic E-state index is -0.506. The summed E-state index contributed by atoms with van der Waals surface area (Å²) < 4.78 is 11.0. The van der Waals surface area contributed by atoms with Crippen LogP contribution in [-0.2, 0) is 0 Å². The lowest BCUT2D eigenvalue weighted by Crippen LogP contribution is -2.01. The number of rotatable bonds is 4. The van der Waals surface area contributed by atoms with Gasteiger partial charge >= 0.3 is 0 Å². The minimum Gasteiger partial charge on any atom is -0.501 e. The van der Waals surface area contributed by atoms with Crippen LogP contribution in [0.1, 0.15) is 5.76 Å². The lowest BCUT2D eigenvalue weighted by atomic mass is 10.1. The molecule has 7 heteroatoms. The van der Waals surface area contributed by atoms with Crippen LogP contribution in [0.4, 0.5) is 0 Å². The average Bonchev–Trinajstić information content (AvgIpc) is 3.40. The highest BCUT2D eigenvalue weighted by Crippen LogP contribution is 2.38. The van der Waals surface area contributed by atoms with Gasteiger partial charge in [0.05, 0.1) is 7.11 Å². The molecule has 0 spiro atoms. The molecule has 0 saturated carbocycles. The highest BCUT2D eigenvalue weighted by molar-refractivity contribution is 5.95. The number of nitrogens with one attached hydrogen (secondary N) is 2. The predicted octanol–water partition coefficient (Wildman–Crippen LogP) is 4.87. The van der Waals surface area contributed by atoms with Crippen molar-refractivity contribution in [3.05, 3.63) is 76.8 Å². The zero-order valence-corrected chi connectivity index (χ0v) is 16.9. The van der Waals surface area contributed by atoms with E-state index in [0.717, 1.165) is 27.8 Å². The van der Waals surface area contributed by atoms with Gasteiger partial charge in [-0.05, 0) is 19.1 Å². The summed E-state index contributed by atoms with van der Waals surface area (Å²) in [5.41, 5.74) is 3.07. The molecule has 0 saturated heterocycles. The SMILES string of the molecule is COc1ccc2c(-c3nc(-c4ccccc4)c(-c4oc(C)cc(=O)c4O)[nH]3)c[nH]c2c1. The van der Waals surface area contributed by atoms with Crippen molar-refractivity contribution in [1.29, 1.82) is 0 Å². The number of fused-ring (bicyclic) bond motifs is 1. The van der Waals surface area contributed by atoms with Gasteiger partial charge in [-0.1, -0.05) is 30.3 Å². The number of ether oxygens (including phenoxy) is 1. The molecular weight excluding hydrogens is 394 g/mol. The van der Waals surface area contributed by atoms with Gasteiger partial charge in [-0.15, -0.1) is 0 Å². The molecule has 0 aliphatic rings. The Hall–Kier alpha value is -4.26. The van der Waals surface area contributed by atoms with Gasteiger partial charge in [0.1, 0.15) is 28.7 Å². The van der Waals surface area contributed by atoms with Crippen LogP contribution in [-0.4, -0.2) is 27.2 Å². The van der Waals surface area contributed by atoms with E-state index in [4.69, 9.17) is 14.1 Å². The van der Waals surface area contributed by atoms with E-state index in [0.29, 0.717) is 23.0 Å². The van der Waals surface area contributed by atoms with Gasteiger partial charge in [-0.25, -0.2) is 4.98 Å². The maximum Gasteiger partial charge on any atom is 0.227 e. The largest absolute Gasteiger partial charge is 0.501 e. The molecule has 0 unspecified atom stereocenters. The van der Waals surface area contributed by atoms with Crippen LogP contribution in [0.2, 0.25) is 0 Å². The molecule has 0 amide bonds. The van der Waals surface area contributed by atoms with E-state index in [9.17, 15) is 9.90 Å². The predicted molar refractivity (Wildman–Crippen MR) is 118 cm³/mol. The third-order valence-electron chi connectivity index (χ3n) is 5.17. The number of methoxy groups -OCH3 is 1. The fourth-order valence-electron chi connectivity index (χ4n) is 3.67. The van der Waals surface area contributed by atoms with Crippen molar-refractivity contribution >= 4 is 10.9 Å². The summed E-state index contributed by atoms with van der Waals surface area (Å²) in [5, 5.41) is 11.4. The fourth-order valence-corrected chi connectivity index (χ4v) is 3.67. The lowest BCUT2D eigenvalue weighted by Gasteiger charge is -2.05. The first-order valence-corrected chi connectivity index (χ1v) is 9.70. The van der Waals surface area contributed by atoms with Crippen molar-refractivity contribution in [1.82, 2.24) is 15.0 Å². The molecule has 0 bridgehead atoms. The summed E-state index contributed by atoms with van der Waals surface area (Å²) in [4.78, 5) is 23.5. The molecule has 3 heterocycles. The summed E-state index contributed by atoms with van der Waals surface area (Å²) in [6.45, 7) is 1.66. The first kappa shape index (κ1) is 18.7. The van der Waals surface area contributed by atoms with Crippen molar-refractivity contribution < 1.29 is 14.3 Å². The van der Waals surface area contributed by atoms with E-state index in [-0.39, 0.29) is 5.76 Å². The molecule has 3 aromatic heterocycles. The van der Waals surface area contributed by atoms with Crippen LogP contribution in [0, 0.1) is 6.92 Å². The zero-order chi connectivity index (χ0) is 21.5. The van der Waals surface area contributed by atoms with Gasteiger partial charge in [0.15, 0.2) is 5.76 Å². The number of imidazole rings is 1. The number of aromatic nitrogens is 3. The van der Waals surface area contributed by atoms with Gasteiger partial charge in [0.25, 0.3) is 0 Å². The van der Waals surface area contributed by atoms with Crippen molar-refractivity contribution in [2.75, 3.05) is 7.11 Å². The molecule has 5 aromatic rings. The molecule has 5 rings (SSSR count). The summed E-state index contributed by atoms with van der Waals surface area (Å²) in [7, 11) is 1.62. The fraction of sp³-hybridized carbons (Fsp3) is 0.0833. The van der Waals surface area contributed by atoms with E-state index in [2.05, 4.69) is 9.97 Å². The normalized spacial score (nSPS) is 11.2. The Bertz CT molecular complexity index is 1460. The molecule has 0 aliphatic carbocycles. The Morgan fingerprint density at radius 1 is 1.10 bits per heavy atom. The summed E-state index contributed by atoms with van der Waals surface area (Å²) >= 11 is 0.